The fourth-order valence-corrected chi connectivity index (χ4v) is 3.96. The molecule has 2 amide bonds. The second-order valence-electron chi connectivity index (χ2n) is 7.92. The lowest BCUT2D eigenvalue weighted by molar-refractivity contribution is 0.115. The number of rotatable bonds is 4. The van der Waals surface area contributed by atoms with Gasteiger partial charge in [-0.3, -0.25) is 0 Å². The van der Waals surface area contributed by atoms with Gasteiger partial charge in [-0.15, -0.1) is 0 Å². The lowest BCUT2D eigenvalue weighted by atomic mass is 10.1. The highest BCUT2D eigenvalue weighted by Crippen LogP contribution is 2.29. The highest BCUT2D eigenvalue weighted by molar-refractivity contribution is 5.89. The monoisotopic (exact) mass is 430 g/mol. The first kappa shape index (κ1) is 20.1. The minimum absolute atomic E-state index is 0.0465. The van der Waals surface area contributed by atoms with Gasteiger partial charge in [0.2, 0.25) is 0 Å². The van der Waals surface area contributed by atoms with Gasteiger partial charge < -0.3 is 19.4 Å². The number of benzene rings is 3. The van der Waals surface area contributed by atoms with Gasteiger partial charge in [-0.25, -0.2) is 9.18 Å². The lowest BCUT2D eigenvalue weighted by Gasteiger charge is -2.32. The van der Waals surface area contributed by atoms with Crippen molar-refractivity contribution in [3.05, 3.63) is 84.7 Å². The molecule has 6 heteroatoms. The van der Waals surface area contributed by atoms with Crippen molar-refractivity contribution >= 4 is 22.7 Å². The van der Waals surface area contributed by atoms with Crippen molar-refractivity contribution in [3.63, 3.8) is 0 Å². The van der Waals surface area contributed by atoms with E-state index in [-0.39, 0.29) is 18.0 Å². The maximum absolute atomic E-state index is 13.3. The van der Waals surface area contributed by atoms with Crippen LogP contribution in [-0.4, -0.2) is 30.1 Å². The van der Waals surface area contributed by atoms with E-state index in [2.05, 4.69) is 5.32 Å². The predicted molar refractivity (Wildman–Crippen MR) is 122 cm³/mol. The molecular formula is C26H23FN2O3. The molecule has 3 aromatic carbocycles. The van der Waals surface area contributed by atoms with E-state index in [1.165, 1.54) is 12.1 Å². The van der Waals surface area contributed by atoms with Crippen LogP contribution in [0.1, 0.15) is 12.8 Å². The maximum Gasteiger partial charge on any atom is 0.321 e. The van der Waals surface area contributed by atoms with Gasteiger partial charge in [-0.05, 0) is 54.6 Å². The molecule has 2 heterocycles. The first-order valence-electron chi connectivity index (χ1n) is 10.7. The molecule has 162 valence electrons. The van der Waals surface area contributed by atoms with Gasteiger partial charge in [-0.1, -0.05) is 24.3 Å². The third kappa shape index (κ3) is 4.44. The fourth-order valence-electron chi connectivity index (χ4n) is 3.96. The van der Waals surface area contributed by atoms with Gasteiger partial charge in [0.25, 0.3) is 0 Å². The quantitative estimate of drug-likeness (QED) is 0.413. The molecule has 1 fully saturated rings. The number of urea groups is 1. The molecule has 0 aliphatic carbocycles. The summed E-state index contributed by atoms with van der Waals surface area (Å²) < 4.78 is 25.4. The summed E-state index contributed by atoms with van der Waals surface area (Å²) in [6, 6.07) is 23.6. The van der Waals surface area contributed by atoms with Crippen LogP contribution in [-0.2, 0) is 0 Å². The summed E-state index contributed by atoms with van der Waals surface area (Å²) in [7, 11) is 0. The molecule has 5 nitrogen and oxygen atoms in total. The number of halogens is 1. The SMILES string of the molecule is O=C(Nc1cccc(F)c1)N1CCC(Oc2ccc(-c3cc4ccccc4o3)cc2)CC1. The summed E-state index contributed by atoms with van der Waals surface area (Å²) in [6.07, 6.45) is 1.52. The Kier molecular flexibility index (Phi) is 5.50. The third-order valence-corrected chi connectivity index (χ3v) is 5.67. The van der Waals surface area contributed by atoms with Crippen LogP contribution in [0.4, 0.5) is 14.9 Å². The predicted octanol–water partition coefficient (Wildman–Crippen LogP) is 6.31. The molecule has 0 bridgehead atoms. The van der Waals surface area contributed by atoms with Gasteiger partial charge in [-0.2, -0.15) is 0 Å². The first-order chi connectivity index (χ1) is 15.6. The van der Waals surface area contributed by atoms with Crippen LogP contribution in [0.2, 0.25) is 0 Å². The zero-order valence-electron chi connectivity index (χ0n) is 17.5. The van der Waals surface area contributed by atoms with E-state index in [0.717, 1.165) is 40.9 Å². The number of carbonyl (C=O) groups excluding carboxylic acids is 1. The summed E-state index contributed by atoms with van der Waals surface area (Å²) in [5.41, 5.74) is 2.33. The molecule has 5 rings (SSSR count). The standard InChI is InChI=1S/C26H23FN2O3/c27-20-5-3-6-21(17-20)28-26(30)29-14-12-23(13-15-29)31-22-10-8-18(9-11-22)25-16-19-4-1-2-7-24(19)32-25/h1-11,16-17,23H,12-15H2,(H,28,30). The van der Waals surface area contributed by atoms with Crippen molar-refractivity contribution in [1.29, 1.82) is 0 Å². The maximum atomic E-state index is 13.3. The van der Waals surface area contributed by atoms with Crippen molar-refractivity contribution in [2.24, 2.45) is 0 Å². The van der Waals surface area contributed by atoms with E-state index in [1.54, 1.807) is 17.0 Å². The molecule has 0 spiro atoms. The molecular weight excluding hydrogens is 407 g/mol. The molecule has 0 unspecified atom stereocenters. The normalized spacial score (nSPS) is 14.5. The largest absolute Gasteiger partial charge is 0.490 e. The summed E-state index contributed by atoms with van der Waals surface area (Å²) >= 11 is 0. The van der Waals surface area contributed by atoms with E-state index >= 15 is 0 Å². The van der Waals surface area contributed by atoms with E-state index in [0.29, 0.717) is 18.8 Å². The van der Waals surface area contributed by atoms with Crippen molar-refractivity contribution in [1.82, 2.24) is 4.90 Å². The Labute approximate surface area is 185 Å². The number of nitrogens with zero attached hydrogens (tertiary/aromatic N) is 1. The Morgan fingerprint density at radius 1 is 0.969 bits per heavy atom. The number of hydrogen-bond acceptors (Lipinski definition) is 3. The average Bonchev–Trinajstić information content (AvgIpc) is 3.24. The number of fused-ring (bicyclic) bond motifs is 1. The van der Waals surface area contributed by atoms with Crippen molar-refractivity contribution in [2.75, 3.05) is 18.4 Å². The summed E-state index contributed by atoms with van der Waals surface area (Å²) in [4.78, 5) is 14.2. The van der Waals surface area contributed by atoms with Crippen LogP contribution in [0.3, 0.4) is 0 Å². The number of para-hydroxylation sites is 1. The minimum Gasteiger partial charge on any atom is -0.490 e. The number of carbonyl (C=O) groups is 1. The number of furan rings is 1. The first-order valence-corrected chi connectivity index (χ1v) is 10.7. The van der Waals surface area contributed by atoms with Gasteiger partial charge in [0.15, 0.2) is 0 Å². The lowest BCUT2D eigenvalue weighted by Crippen LogP contribution is -2.43. The molecule has 1 aliphatic heterocycles. The van der Waals surface area contributed by atoms with Crippen LogP contribution in [0.15, 0.2) is 83.3 Å². The van der Waals surface area contributed by atoms with Crippen LogP contribution in [0.25, 0.3) is 22.3 Å². The number of anilines is 1. The number of ether oxygens (including phenoxy) is 1. The molecule has 1 aliphatic rings. The van der Waals surface area contributed by atoms with Gasteiger partial charge >= 0.3 is 6.03 Å². The Balaban J connectivity index is 1.15. The van der Waals surface area contributed by atoms with Crippen molar-refractivity contribution < 1.29 is 18.3 Å². The minimum atomic E-state index is -0.374. The summed E-state index contributed by atoms with van der Waals surface area (Å²) in [5, 5.41) is 3.83. The molecule has 0 atom stereocenters. The van der Waals surface area contributed by atoms with Gasteiger partial charge in [0, 0.05) is 42.6 Å². The van der Waals surface area contributed by atoms with Crippen molar-refractivity contribution in [3.8, 4) is 17.1 Å². The zero-order chi connectivity index (χ0) is 21.9. The van der Waals surface area contributed by atoms with Gasteiger partial charge in [0.1, 0.15) is 29.0 Å². The Morgan fingerprint density at radius 2 is 1.75 bits per heavy atom. The summed E-state index contributed by atoms with van der Waals surface area (Å²) in [5.74, 6) is 1.25. The molecule has 1 N–H and O–H groups in total. The Hall–Kier alpha value is -3.80. The average molecular weight is 430 g/mol. The number of nitrogens with one attached hydrogen (secondary N) is 1. The second-order valence-corrected chi connectivity index (χ2v) is 7.92. The topological polar surface area (TPSA) is 54.7 Å². The number of piperidine rings is 1. The molecule has 0 saturated carbocycles. The molecule has 1 saturated heterocycles. The van der Waals surface area contributed by atoms with Crippen LogP contribution in [0, 0.1) is 5.82 Å². The van der Waals surface area contributed by atoms with Crippen molar-refractivity contribution in [2.45, 2.75) is 18.9 Å². The molecule has 4 aromatic rings. The van der Waals surface area contributed by atoms with Crippen LogP contribution < -0.4 is 10.1 Å². The summed E-state index contributed by atoms with van der Waals surface area (Å²) in [6.45, 7) is 1.17. The Morgan fingerprint density at radius 3 is 2.50 bits per heavy atom. The number of amides is 2. The number of hydrogen-bond donors (Lipinski definition) is 1. The highest BCUT2D eigenvalue weighted by atomic mass is 19.1. The van der Waals surface area contributed by atoms with E-state index < -0.39 is 0 Å². The Bertz CT molecular complexity index is 1190. The van der Waals surface area contributed by atoms with E-state index in [1.807, 2.05) is 54.6 Å². The third-order valence-electron chi connectivity index (χ3n) is 5.67. The molecule has 32 heavy (non-hydrogen) atoms. The fraction of sp³-hybridized carbons (Fsp3) is 0.192. The second kappa shape index (κ2) is 8.75. The smallest absolute Gasteiger partial charge is 0.321 e. The van der Waals surface area contributed by atoms with Gasteiger partial charge in [0.05, 0.1) is 0 Å². The van der Waals surface area contributed by atoms with E-state index in [4.69, 9.17) is 9.15 Å². The number of likely N-dealkylation sites (tertiary alicyclic amines) is 1. The molecule has 0 radical (unpaired) electrons. The van der Waals surface area contributed by atoms with Crippen LogP contribution >= 0.6 is 0 Å². The molecule has 1 aromatic heterocycles. The highest BCUT2D eigenvalue weighted by Gasteiger charge is 2.24. The zero-order valence-corrected chi connectivity index (χ0v) is 17.5. The van der Waals surface area contributed by atoms with E-state index in [9.17, 15) is 9.18 Å². The van der Waals surface area contributed by atoms with Crippen LogP contribution in [0.5, 0.6) is 5.75 Å².